The van der Waals surface area contributed by atoms with Gasteiger partial charge in [0.05, 0.1) is 12.4 Å². The van der Waals surface area contributed by atoms with E-state index in [9.17, 15) is 13.2 Å². The first-order valence-corrected chi connectivity index (χ1v) is 9.49. The molecule has 0 bridgehead atoms. The molecule has 7 heteroatoms. The summed E-state index contributed by atoms with van der Waals surface area (Å²) in [7, 11) is -3.39. The van der Waals surface area contributed by atoms with Gasteiger partial charge in [-0.05, 0) is 31.4 Å². The molecule has 0 unspecified atom stereocenters. The summed E-state index contributed by atoms with van der Waals surface area (Å²) < 4.78 is 31.8. The van der Waals surface area contributed by atoms with Crippen LogP contribution in [0.4, 0.5) is 4.79 Å². The molecule has 1 aliphatic rings. The molecule has 0 saturated carbocycles. The number of ether oxygens (including phenoxy) is 1. The second kappa shape index (κ2) is 7.79. The Morgan fingerprint density at radius 1 is 1.17 bits per heavy atom. The first-order valence-electron chi connectivity index (χ1n) is 7.88. The smallest absolute Gasteiger partial charge is 0.409 e. The van der Waals surface area contributed by atoms with E-state index in [0.29, 0.717) is 39.2 Å². The van der Waals surface area contributed by atoms with Gasteiger partial charge in [0.25, 0.3) is 0 Å². The van der Waals surface area contributed by atoms with E-state index in [2.05, 4.69) is 0 Å². The molecule has 0 atom stereocenters. The SMILES string of the molecule is CCOC(=O)N1CCCN(S(=O)(=O)Cc2ccccc2C)CC1. The highest BCUT2D eigenvalue weighted by atomic mass is 32.2. The van der Waals surface area contributed by atoms with E-state index >= 15 is 0 Å². The summed E-state index contributed by atoms with van der Waals surface area (Å²) in [4.78, 5) is 13.4. The number of hydrogen-bond donors (Lipinski definition) is 0. The van der Waals surface area contributed by atoms with E-state index in [-0.39, 0.29) is 11.8 Å². The van der Waals surface area contributed by atoms with Crippen LogP contribution in [0.15, 0.2) is 24.3 Å². The summed E-state index contributed by atoms with van der Waals surface area (Å²) in [6, 6.07) is 7.50. The van der Waals surface area contributed by atoms with E-state index in [1.807, 2.05) is 31.2 Å². The first kappa shape index (κ1) is 17.7. The van der Waals surface area contributed by atoms with Crippen molar-refractivity contribution in [3.05, 3.63) is 35.4 Å². The van der Waals surface area contributed by atoms with Crippen LogP contribution < -0.4 is 0 Å². The zero-order valence-corrected chi connectivity index (χ0v) is 14.5. The third kappa shape index (κ3) is 4.68. The minimum Gasteiger partial charge on any atom is -0.450 e. The van der Waals surface area contributed by atoms with Crippen LogP contribution in [0.2, 0.25) is 0 Å². The van der Waals surface area contributed by atoms with Gasteiger partial charge in [-0.15, -0.1) is 0 Å². The third-order valence-electron chi connectivity index (χ3n) is 3.97. The molecule has 6 nitrogen and oxygen atoms in total. The third-order valence-corrected chi connectivity index (χ3v) is 5.80. The summed E-state index contributed by atoms with van der Waals surface area (Å²) in [6.07, 6.45) is 0.247. The van der Waals surface area contributed by atoms with Crippen molar-refractivity contribution in [1.29, 1.82) is 0 Å². The van der Waals surface area contributed by atoms with Gasteiger partial charge in [0, 0.05) is 26.2 Å². The molecule has 1 saturated heterocycles. The summed E-state index contributed by atoms with van der Waals surface area (Å²) in [5.41, 5.74) is 1.79. The van der Waals surface area contributed by atoms with Crippen LogP contribution in [-0.4, -0.2) is 56.5 Å². The second-order valence-electron chi connectivity index (χ2n) is 5.62. The molecular weight excluding hydrogens is 316 g/mol. The van der Waals surface area contributed by atoms with Crippen LogP contribution in [0.25, 0.3) is 0 Å². The van der Waals surface area contributed by atoms with Gasteiger partial charge in [-0.2, -0.15) is 4.31 Å². The lowest BCUT2D eigenvalue weighted by Crippen LogP contribution is -2.38. The van der Waals surface area contributed by atoms with Gasteiger partial charge < -0.3 is 9.64 Å². The van der Waals surface area contributed by atoms with Crippen molar-refractivity contribution in [2.24, 2.45) is 0 Å². The Kier molecular flexibility index (Phi) is 6.01. The zero-order valence-electron chi connectivity index (χ0n) is 13.7. The van der Waals surface area contributed by atoms with Crippen molar-refractivity contribution in [2.45, 2.75) is 26.0 Å². The molecule has 1 fully saturated rings. The Hall–Kier alpha value is -1.60. The van der Waals surface area contributed by atoms with Gasteiger partial charge in [0.2, 0.25) is 10.0 Å². The maximum Gasteiger partial charge on any atom is 0.409 e. The Morgan fingerprint density at radius 2 is 1.91 bits per heavy atom. The van der Waals surface area contributed by atoms with Crippen molar-refractivity contribution in [3.8, 4) is 0 Å². The molecule has 23 heavy (non-hydrogen) atoms. The lowest BCUT2D eigenvalue weighted by atomic mass is 10.1. The minimum absolute atomic E-state index is 0.000913. The summed E-state index contributed by atoms with van der Waals surface area (Å²) in [5, 5.41) is 0. The molecule has 0 spiro atoms. The highest BCUT2D eigenvalue weighted by Gasteiger charge is 2.27. The number of benzene rings is 1. The number of rotatable bonds is 4. The number of hydrogen-bond acceptors (Lipinski definition) is 4. The molecule has 0 aromatic heterocycles. The van der Waals surface area contributed by atoms with Gasteiger partial charge in [0.15, 0.2) is 0 Å². The number of sulfonamides is 1. The van der Waals surface area contributed by atoms with E-state index in [1.165, 1.54) is 4.31 Å². The molecule has 1 amide bonds. The summed E-state index contributed by atoms with van der Waals surface area (Å²) >= 11 is 0. The maximum atomic E-state index is 12.7. The van der Waals surface area contributed by atoms with E-state index in [1.54, 1.807) is 11.8 Å². The van der Waals surface area contributed by atoms with Crippen LogP contribution in [0, 0.1) is 6.92 Å². The Labute approximate surface area is 138 Å². The van der Waals surface area contributed by atoms with Gasteiger partial charge in [-0.3, -0.25) is 0 Å². The molecule has 1 aromatic carbocycles. The van der Waals surface area contributed by atoms with Gasteiger partial charge >= 0.3 is 6.09 Å². The number of amides is 1. The average molecular weight is 340 g/mol. The Morgan fingerprint density at radius 3 is 2.61 bits per heavy atom. The van der Waals surface area contributed by atoms with Crippen LogP contribution in [0.3, 0.4) is 0 Å². The number of carbonyl (C=O) groups is 1. The molecule has 1 aliphatic heterocycles. The van der Waals surface area contributed by atoms with Crippen molar-refractivity contribution in [3.63, 3.8) is 0 Å². The molecular formula is C16H24N2O4S. The van der Waals surface area contributed by atoms with E-state index < -0.39 is 10.0 Å². The van der Waals surface area contributed by atoms with Crippen LogP contribution in [0.1, 0.15) is 24.5 Å². The van der Waals surface area contributed by atoms with E-state index in [0.717, 1.165) is 11.1 Å². The normalized spacial score (nSPS) is 16.9. The number of carbonyl (C=O) groups excluding carboxylic acids is 1. The van der Waals surface area contributed by atoms with Crippen molar-refractivity contribution in [2.75, 3.05) is 32.8 Å². The van der Waals surface area contributed by atoms with Crippen LogP contribution in [0.5, 0.6) is 0 Å². The maximum absolute atomic E-state index is 12.7. The minimum atomic E-state index is -3.39. The largest absolute Gasteiger partial charge is 0.450 e. The predicted octanol–water partition coefficient (Wildman–Crippen LogP) is 1.99. The lowest BCUT2D eigenvalue weighted by Gasteiger charge is -2.21. The Balaban J connectivity index is 2.03. The number of aryl methyl sites for hydroxylation is 1. The summed E-state index contributed by atoms with van der Waals surface area (Å²) in [5.74, 6) is -0.000913. The van der Waals surface area contributed by atoms with Crippen molar-refractivity contribution in [1.82, 2.24) is 9.21 Å². The fraction of sp³-hybridized carbons (Fsp3) is 0.562. The van der Waals surface area contributed by atoms with Crippen LogP contribution >= 0.6 is 0 Å². The Bertz CT molecular complexity index is 645. The standard InChI is InChI=1S/C16H24N2O4S/c1-3-22-16(19)17-9-6-10-18(12-11-17)23(20,21)13-15-8-5-4-7-14(15)2/h4-5,7-8H,3,6,9-13H2,1-2H3. The molecule has 0 N–H and O–H groups in total. The van der Waals surface area contributed by atoms with Crippen molar-refractivity contribution >= 4 is 16.1 Å². The predicted molar refractivity (Wildman–Crippen MR) is 88.6 cm³/mol. The van der Waals surface area contributed by atoms with Gasteiger partial charge in [-0.1, -0.05) is 24.3 Å². The number of nitrogens with zero attached hydrogens (tertiary/aromatic N) is 2. The molecule has 2 rings (SSSR count). The fourth-order valence-corrected chi connectivity index (χ4v) is 4.30. The van der Waals surface area contributed by atoms with Crippen molar-refractivity contribution < 1.29 is 17.9 Å². The quantitative estimate of drug-likeness (QED) is 0.841. The van der Waals surface area contributed by atoms with Crippen LogP contribution in [-0.2, 0) is 20.5 Å². The second-order valence-corrected chi connectivity index (χ2v) is 7.59. The van der Waals surface area contributed by atoms with E-state index in [4.69, 9.17) is 4.74 Å². The molecule has 1 heterocycles. The molecule has 1 aromatic rings. The first-order chi connectivity index (χ1) is 10.9. The highest BCUT2D eigenvalue weighted by molar-refractivity contribution is 7.88. The molecule has 0 aliphatic carbocycles. The van der Waals surface area contributed by atoms with Gasteiger partial charge in [0.1, 0.15) is 0 Å². The lowest BCUT2D eigenvalue weighted by molar-refractivity contribution is 0.109. The molecule has 128 valence electrons. The summed E-state index contributed by atoms with van der Waals surface area (Å²) in [6.45, 7) is 5.63. The topological polar surface area (TPSA) is 66.9 Å². The zero-order chi connectivity index (χ0) is 16.9. The highest BCUT2D eigenvalue weighted by Crippen LogP contribution is 2.16. The monoisotopic (exact) mass is 340 g/mol. The average Bonchev–Trinajstić information content (AvgIpc) is 2.76. The molecule has 0 radical (unpaired) electrons. The van der Waals surface area contributed by atoms with Gasteiger partial charge in [-0.25, -0.2) is 13.2 Å². The fourth-order valence-electron chi connectivity index (χ4n) is 2.63.